The van der Waals surface area contributed by atoms with Crippen molar-refractivity contribution < 1.29 is 4.39 Å². The van der Waals surface area contributed by atoms with E-state index in [2.05, 4.69) is 5.10 Å². The quantitative estimate of drug-likeness (QED) is 0.881. The van der Waals surface area contributed by atoms with Crippen molar-refractivity contribution in [2.45, 2.75) is 13.3 Å². The fourth-order valence-corrected chi connectivity index (χ4v) is 2.14. The van der Waals surface area contributed by atoms with Gasteiger partial charge in [-0.3, -0.25) is 4.68 Å². The van der Waals surface area contributed by atoms with E-state index in [1.54, 1.807) is 16.8 Å². The van der Waals surface area contributed by atoms with Crippen molar-refractivity contribution in [2.24, 2.45) is 12.8 Å². The van der Waals surface area contributed by atoms with Crippen LogP contribution < -0.4 is 5.73 Å². The molecule has 17 heavy (non-hydrogen) atoms. The summed E-state index contributed by atoms with van der Waals surface area (Å²) in [6.07, 6.45) is 0.695. The van der Waals surface area contributed by atoms with Crippen LogP contribution in [0, 0.1) is 12.7 Å². The Morgan fingerprint density at radius 2 is 2.06 bits per heavy atom. The van der Waals surface area contributed by atoms with Gasteiger partial charge in [0.15, 0.2) is 0 Å². The zero-order valence-electron chi connectivity index (χ0n) is 10.1. The highest BCUT2D eigenvalue weighted by molar-refractivity contribution is 5.69. The maximum Gasteiger partial charge on any atom is 0.131 e. The standard InChI is InChI=1S/C13H16FN3/c1-9-13(10-5-3-4-6-11(10)14)12(7-8-15)17(2)16-9/h3-6H,7-8,15H2,1-2H3. The number of hydrogen-bond donors (Lipinski definition) is 1. The highest BCUT2D eigenvalue weighted by Gasteiger charge is 2.16. The third-order valence-electron chi connectivity index (χ3n) is 2.87. The molecule has 2 aromatic rings. The SMILES string of the molecule is Cc1nn(C)c(CCN)c1-c1ccccc1F. The van der Waals surface area contributed by atoms with Crippen LogP contribution in [0.25, 0.3) is 11.1 Å². The van der Waals surface area contributed by atoms with Crippen LogP contribution in [0.1, 0.15) is 11.4 Å². The first-order valence-electron chi connectivity index (χ1n) is 5.62. The van der Waals surface area contributed by atoms with E-state index in [1.165, 1.54) is 6.07 Å². The lowest BCUT2D eigenvalue weighted by molar-refractivity contribution is 0.630. The van der Waals surface area contributed by atoms with Gasteiger partial charge in [0.25, 0.3) is 0 Å². The zero-order valence-corrected chi connectivity index (χ0v) is 10.1. The van der Waals surface area contributed by atoms with Gasteiger partial charge >= 0.3 is 0 Å². The molecule has 2 rings (SSSR count). The van der Waals surface area contributed by atoms with Crippen molar-refractivity contribution in [2.75, 3.05) is 6.54 Å². The molecule has 1 heterocycles. The van der Waals surface area contributed by atoms with Crippen LogP contribution in [0.3, 0.4) is 0 Å². The molecule has 90 valence electrons. The molecule has 0 aliphatic rings. The Bertz CT molecular complexity index is 531. The molecule has 0 atom stereocenters. The van der Waals surface area contributed by atoms with E-state index in [0.29, 0.717) is 18.5 Å². The van der Waals surface area contributed by atoms with Crippen molar-refractivity contribution in [3.8, 4) is 11.1 Å². The molecule has 2 N–H and O–H groups in total. The van der Waals surface area contributed by atoms with Gasteiger partial charge < -0.3 is 5.73 Å². The summed E-state index contributed by atoms with van der Waals surface area (Å²) >= 11 is 0. The Morgan fingerprint density at radius 3 is 2.71 bits per heavy atom. The maximum atomic E-state index is 13.8. The minimum Gasteiger partial charge on any atom is -0.330 e. The van der Waals surface area contributed by atoms with Crippen molar-refractivity contribution >= 4 is 0 Å². The second-order valence-corrected chi connectivity index (χ2v) is 4.05. The van der Waals surface area contributed by atoms with Gasteiger partial charge in [-0.1, -0.05) is 18.2 Å². The second-order valence-electron chi connectivity index (χ2n) is 4.05. The Labute approximate surface area is 100 Å². The van der Waals surface area contributed by atoms with E-state index in [9.17, 15) is 4.39 Å². The van der Waals surface area contributed by atoms with Gasteiger partial charge in [-0.05, 0) is 19.5 Å². The molecular weight excluding hydrogens is 217 g/mol. The number of halogens is 1. The predicted octanol–water partition coefficient (Wildman–Crippen LogP) is 2.04. The molecule has 0 amide bonds. The summed E-state index contributed by atoms with van der Waals surface area (Å²) in [6, 6.07) is 6.76. The van der Waals surface area contributed by atoms with E-state index < -0.39 is 0 Å². The smallest absolute Gasteiger partial charge is 0.131 e. The van der Waals surface area contributed by atoms with E-state index in [1.807, 2.05) is 20.0 Å². The maximum absolute atomic E-state index is 13.8. The van der Waals surface area contributed by atoms with Crippen molar-refractivity contribution in [3.05, 3.63) is 41.5 Å². The molecule has 0 fully saturated rings. The molecule has 0 bridgehead atoms. The number of aryl methyl sites for hydroxylation is 2. The number of aromatic nitrogens is 2. The molecule has 0 saturated heterocycles. The minimum absolute atomic E-state index is 0.220. The van der Waals surface area contributed by atoms with Crippen molar-refractivity contribution in [1.82, 2.24) is 9.78 Å². The number of benzene rings is 1. The lowest BCUT2D eigenvalue weighted by Gasteiger charge is -2.06. The summed E-state index contributed by atoms with van der Waals surface area (Å²) in [5, 5.41) is 4.34. The minimum atomic E-state index is -0.220. The third-order valence-corrected chi connectivity index (χ3v) is 2.87. The van der Waals surface area contributed by atoms with Gasteiger partial charge in [-0.15, -0.1) is 0 Å². The van der Waals surface area contributed by atoms with Gasteiger partial charge in [-0.25, -0.2) is 4.39 Å². The van der Waals surface area contributed by atoms with Crippen molar-refractivity contribution in [1.29, 1.82) is 0 Å². The summed E-state index contributed by atoms with van der Waals surface area (Å²) in [7, 11) is 1.86. The molecular formula is C13H16FN3. The van der Waals surface area contributed by atoms with E-state index in [0.717, 1.165) is 17.0 Å². The summed E-state index contributed by atoms with van der Waals surface area (Å²) in [4.78, 5) is 0. The van der Waals surface area contributed by atoms with Crippen LogP contribution >= 0.6 is 0 Å². The lowest BCUT2D eigenvalue weighted by Crippen LogP contribution is -2.08. The Balaban J connectivity index is 2.62. The highest BCUT2D eigenvalue weighted by atomic mass is 19.1. The molecule has 0 spiro atoms. The van der Waals surface area contributed by atoms with E-state index in [-0.39, 0.29) is 5.82 Å². The van der Waals surface area contributed by atoms with Crippen LogP contribution in [0.5, 0.6) is 0 Å². The molecule has 1 aromatic heterocycles. The second kappa shape index (κ2) is 4.67. The molecule has 0 radical (unpaired) electrons. The van der Waals surface area contributed by atoms with Crippen LogP contribution in [0.4, 0.5) is 4.39 Å². The summed E-state index contributed by atoms with van der Waals surface area (Å²) in [5.41, 5.74) is 8.87. The number of rotatable bonds is 3. The van der Waals surface area contributed by atoms with Crippen molar-refractivity contribution in [3.63, 3.8) is 0 Å². The van der Waals surface area contributed by atoms with Gasteiger partial charge in [0.2, 0.25) is 0 Å². The normalized spacial score (nSPS) is 10.8. The summed E-state index contributed by atoms with van der Waals surface area (Å²) in [5.74, 6) is -0.220. The van der Waals surface area contributed by atoms with Gasteiger partial charge in [0, 0.05) is 30.3 Å². The van der Waals surface area contributed by atoms with Gasteiger partial charge in [0.1, 0.15) is 5.82 Å². The Hall–Kier alpha value is -1.68. The highest BCUT2D eigenvalue weighted by Crippen LogP contribution is 2.29. The van der Waals surface area contributed by atoms with Gasteiger partial charge in [-0.2, -0.15) is 5.10 Å². The van der Waals surface area contributed by atoms with Crippen LogP contribution in [-0.2, 0) is 13.5 Å². The zero-order chi connectivity index (χ0) is 12.4. The van der Waals surface area contributed by atoms with Crippen LogP contribution in [0.15, 0.2) is 24.3 Å². The molecule has 4 heteroatoms. The Morgan fingerprint density at radius 1 is 1.35 bits per heavy atom. The monoisotopic (exact) mass is 233 g/mol. The van der Waals surface area contributed by atoms with Crippen LogP contribution in [-0.4, -0.2) is 16.3 Å². The summed E-state index contributed by atoms with van der Waals surface area (Å²) < 4.78 is 15.6. The number of nitrogens with two attached hydrogens (primary N) is 1. The Kier molecular flexibility index (Phi) is 3.24. The first-order chi connectivity index (χ1) is 8.15. The number of nitrogens with zero attached hydrogens (tertiary/aromatic N) is 2. The average molecular weight is 233 g/mol. The molecule has 3 nitrogen and oxygen atoms in total. The molecule has 0 aliphatic heterocycles. The van der Waals surface area contributed by atoms with Crippen LogP contribution in [0.2, 0.25) is 0 Å². The van der Waals surface area contributed by atoms with Gasteiger partial charge in [0.05, 0.1) is 5.69 Å². The fraction of sp³-hybridized carbons (Fsp3) is 0.308. The number of hydrogen-bond acceptors (Lipinski definition) is 2. The third kappa shape index (κ3) is 2.08. The molecule has 0 saturated carbocycles. The molecule has 1 aromatic carbocycles. The van der Waals surface area contributed by atoms with E-state index >= 15 is 0 Å². The predicted molar refractivity (Wildman–Crippen MR) is 66.1 cm³/mol. The first-order valence-corrected chi connectivity index (χ1v) is 5.62. The lowest BCUT2D eigenvalue weighted by atomic mass is 10.0. The largest absolute Gasteiger partial charge is 0.330 e. The molecule has 0 unspecified atom stereocenters. The average Bonchev–Trinajstić information content (AvgIpc) is 2.56. The van der Waals surface area contributed by atoms with E-state index in [4.69, 9.17) is 5.73 Å². The topological polar surface area (TPSA) is 43.8 Å². The fourth-order valence-electron chi connectivity index (χ4n) is 2.14. The molecule has 0 aliphatic carbocycles. The summed E-state index contributed by atoms with van der Waals surface area (Å²) in [6.45, 7) is 2.42. The first kappa shape index (κ1) is 11.8.